The summed E-state index contributed by atoms with van der Waals surface area (Å²) in [4.78, 5) is 0. The lowest BCUT2D eigenvalue weighted by Crippen LogP contribution is -2.40. The maximum atomic E-state index is 6.40. The van der Waals surface area contributed by atoms with Gasteiger partial charge in [-0.05, 0) is 35.8 Å². The van der Waals surface area contributed by atoms with Crippen LogP contribution in [0.4, 0.5) is 0 Å². The fraction of sp³-hybridized carbons (Fsp3) is 0.368. The highest BCUT2D eigenvalue weighted by molar-refractivity contribution is 6.74. The van der Waals surface area contributed by atoms with Crippen molar-refractivity contribution < 1.29 is 8.84 Å². The van der Waals surface area contributed by atoms with Gasteiger partial charge in [0.1, 0.15) is 11.2 Å². The molecule has 0 saturated carbocycles. The molecule has 2 nitrogen and oxygen atoms in total. The second kappa shape index (κ2) is 5.25. The number of hydrogen-bond acceptors (Lipinski definition) is 2. The van der Waals surface area contributed by atoms with Crippen LogP contribution in [0.25, 0.3) is 21.9 Å². The number of rotatable bonds is 3. The lowest BCUT2D eigenvalue weighted by Gasteiger charge is -2.36. The summed E-state index contributed by atoms with van der Waals surface area (Å²) in [6.45, 7) is 12.0. The molecule has 0 unspecified atom stereocenters. The van der Waals surface area contributed by atoms with Gasteiger partial charge in [0, 0.05) is 10.8 Å². The van der Waals surface area contributed by atoms with E-state index in [0.29, 0.717) is 6.61 Å². The van der Waals surface area contributed by atoms with E-state index in [2.05, 4.69) is 58.1 Å². The number of fused-ring (bicyclic) bond motifs is 3. The highest BCUT2D eigenvalue weighted by atomic mass is 28.4. The normalized spacial score (nSPS) is 13.1. The third-order valence-corrected chi connectivity index (χ3v) is 9.36. The van der Waals surface area contributed by atoms with Gasteiger partial charge in [-0.3, -0.25) is 0 Å². The molecule has 0 amide bonds. The molecule has 3 heteroatoms. The first kappa shape index (κ1) is 15.3. The van der Waals surface area contributed by atoms with Gasteiger partial charge in [0.25, 0.3) is 0 Å². The lowest BCUT2D eigenvalue weighted by atomic mass is 10.1. The molecule has 22 heavy (non-hydrogen) atoms. The van der Waals surface area contributed by atoms with Crippen LogP contribution in [0.2, 0.25) is 18.1 Å². The van der Waals surface area contributed by atoms with Crippen molar-refractivity contribution in [2.45, 2.75) is 45.5 Å². The summed E-state index contributed by atoms with van der Waals surface area (Å²) < 4.78 is 12.4. The molecule has 0 N–H and O–H groups in total. The van der Waals surface area contributed by atoms with Crippen molar-refractivity contribution >= 4 is 30.3 Å². The van der Waals surface area contributed by atoms with E-state index in [0.717, 1.165) is 11.2 Å². The van der Waals surface area contributed by atoms with Crippen molar-refractivity contribution in [1.82, 2.24) is 0 Å². The molecular formula is C19H24O2Si. The average molecular weight is 312 g/mol. The summed E-state index contributed by atoms with van der Waals surface area (Å²) >= 11 is 0. The highest BCUT2D eigenvalue weighted by Gasteiger charge is 2.37. The summed E-state index contributed by atoms with van der Waals surface area (Å²) in [5, 5.41) is 2.59. The second-order valence-corrected chi connectivity index (χ2v) is 12.2. The zero-order valence-electron chi connectivity index (χ0n) is 14.1. The number of furan rings is 1. The minimum absolute atomic E-state index is 0.222. The van der Waals surface area contributed by atoms with E-state index >= 15 is 0 Å². The molecule has 2 aromatic carbocycles. The Kier molecular flexibility index (Phi) is 3.66. The predicted octanol–water partition coefficient (Wildman–Crippen LogP) is 6.11. The van der Waals surface area contributed by atoms with E-state index in [1.165, 1.54) is 16.3 Å². The number of benzene rings is 2. The highest BCUT2D eigenvalue weighted by Crippen LogP contribution is 2.38. The molecule has 0 spiro atoms. The lowest BCUT2D eigenvalue weighted by molar-refractivity contribution is 0.277. The summed E-state index contributed by atoms with van der Waals surface area (Å²) in [6.07, 6.45) is 0. The largest absolute Gasteiger partial charge is 0.456 e. The Hall–Kier alpha value is -1.58. The maximum absolute atomic E-state index is 6.40. The van der Waals surface area contributed by atoms with Crippen molar-refractivity contribution in [2.24, 2.45) is 0 Å². The predicted molar refractivity (Wildman–Crippen MR) is 95.7 cm³/mol. The zero-order chi connectivity index (χ0) is 16.0. The summed E-state index contributed by atoms with van der Waals surface area (Å²) in [7, 11) is -1.75. The number of hydrogen-bond donors (Lipinski definition) is 0. The van der Waals surface area contributed by atoms with Crippen LogP contribution in [0.3, 0.4) is 0 Å². The van der Waals surface area contributed by atoms with Crippen molar-refractivity contribution in [3.05, 3.63) is 48.0 Å². The molecule has 0 aliphatic carbocycles. The standard InChI is InChI=1S/C19H24O2Si/c1-19(2,3)22(4,5)20-13-14-9-8-12-17-18(14)15-10-6-7-11-16(15)21-17/h6-12H,13H2,1-5H3. The maximum Gasteiger partial charge on any atom is 0.192 e. The van der Waals surface area contributed by atoms with Crippen LogP contribution in [-0.4, -0.2) is 8.32 Å². The van der Waals surface area contributed by atoms with Gasteiger partial charge in [-0.15, -0.1) is 0 Å². The quantitative estimate of drug-likeness (QED) is 0.544. The molecule has 116 valence electrons. The molecule has 0 aliphatic rings. The van der Waals surface area contributed by atoms with Crippen molar-refractivity contribution in [3.63, 3.8) is 0 Å². The Morgan fingerprint density at radius 1 is 0.955 bits per heavy atom. The summed E-state index contributed by atoms with van der Waals surface area (Å²) in [5.41, 5.74) is 3.10. The Labute approximate surface area is 133 Å². The first-order valence-corrected chi connectivity index (χ1v) is 10.7. The molecule has 3 aromatic rings. The minimum atomic E-state index is -1.75. The zero-order valence-corrected chi connectivity index (χ0v) is 15.1. The molecule has 0 saturated heterocycles. The van der Waals surface area contributed by atoms with Gasteiger partial charge in [0.2, 0.25) is 0 Å². The van der Waals surface area contributed by atoms with Gasteiger partial charge in [-0.2, -0.15) is 0 Å². The van der Waals surface area contributed by atoms with E-state index in [4.69, 9.17) is 8.84 Å². The third kappa shape index (κ3) is 2.59. The topological polar surface area (TPSA) is 22.4 Å². The Morgan fingerprint density at radius 2 is 1.64 bits per heavy atom. The molecule has 0 atom stereocenters. The van der Waals surface area contributed by atoms with E-state index in [1.54, 1.807) is 0 Å². The molecule has 0 radical (unpaired) electrons. The first-order chi connectivity index (χ1) is 10.3. The van der Waals surface area contributed by atoms with Crippen molar-refractivity contribution in [2.75, 3.05) is 0 Å². The summed E-state index contributed by atoms with van der Waals surface area (Å²) in [5.74, 6) is 0. The van der Waals surface area contributed by atoms with E-state index in [-0.39, 0.29) is 5.04 Å². The minimum Gasteiger partial charge on any atom is -0.456 e. The molecule has 1 aromatic heterocycles. The molecule has 0 aliphatic heterocycles. The summed E-state index contributed by atoms with van der Waals surface area (Å²) in [6, 6.07) is 14.4. The second-order valence-electron chi connectivity index (χ2n) is 7.44. The van der Waals surface area contributed by atoms with Gasteiger partial charge >= 0.3 is 0 Å². The molecule has 3 rings (SSSR count). The van der Waals surface area contributed by atoms with Crippen molar-refractivity contribution in [3.8, 4) is 0 Å². The van der Waals surface area contributed by atoms with Crippen LogP contribution < -0.4 is 0 Å². The van der Waals surface area contributed by atoms with Crippen LogP contribution in [-0.2, 0) is 11.0 Å². The van der Waals surface area contributed by atoms with Crippen molar-refractivity contribution in [1.29, 1.82) is 0 Å². The Balaban J connectivity index is 2.01. The smallest absolute Gasteiger partial charge is 0.192 e. The molecular weight excluding hydrogens is 288 g/mol. The van der Waals surface area contributed by atoms with Crippen LogP contribution in [0.1, 0.15) is 26.3 Å². The van der Waals surface area contributed by atoms with E-state index in [1.807, 2.05) is 18.2 Å². The van der Waals surface area contributed by atoms with Gasteiger partial charge in [0.05, 0.1) is 6.61 Å². The average Bonchev–Trinajstić information content (AvgIpc) is 2.83. The van der Waals surface area contributed by atoms with Gasteiger partial charge in [0.15, 0.2) is 8.32 Å². The fourth-order valence-corrected chi connectivity index (χ4v) is 3.39. The first-order valence-electron chi connectivity index (χ1n) is 7.83. The van der Waals surface area contributed by atoms with Gasteiger partial charge in [-0.25, -0.2) is 0 Å². The monoisotopic (exact) mass is 312 g/mol. The van der Waals surface area contributed by atoms with Crippen LogP contribution in [0.15, 0.2) is 46.9 Å². The number of para-hydroxylation sites is 1. The third-order valence-electron chi connectivity index (χ3n) is 4.88. The fourth-order valence-electron chi connectivity index (χ4n) is 2.44. The van der Waals surface area contributed by atoms with Crippen LogP contribution >= 0.6 is 0 Å². The van der Waals surface area contributed by atoms with E-state index in [9.17, 15) is 0 Å². The van der Waals surface area contributed by atoms with E-state index < -0.39 is 8.32 Å². The molecule has 0 fully saturated rings. The molecule has 0 bridgehead atoms. The van der Waals surface area contributed by atoms with Gasteiger partial charge < -0.3 is 8.84 Å². The molecule has 1 heterocycles. The van der Waals surface area contributed by atoms with Crippen LogP contribution in [0, 0.1) is 0 Å². The van der Waals surface area contributed by atoms with Crippen LogP contribution in [0.5, 0.6) is 0 Å². The Morgan fingerprint density at radius 3 is 2.36 bits per heavy atom. The Bertz CT molecular complexity index is 809. The SMILES string of the molecule is CC(C)(C)[Si](C)(C)OCc1cccc2oc3ccccc3c12. The van der Waals surface area contributed by atoms with Gasteiger partial charge in [-0.1, -0.05) is 51.1 Å².